The zero-order chi connectivity index (χ0) is 24.5. The van der Waals surface area contributed by atoms with E-state index in [-0.39, 0.29) is 24.8 Å². The van der Waals surface area contributed by atoms with Gasteiger partial charge in [0.25, 0.3) is 0 Å². The van der Waals surface area contributed by atoms with Gasteiger partial charge in [-0.2, -0.15) is 0 Å². The maximum atomic E-state index is 5.96. The van der Waals surface area contributed by atoms with E-state index in [9.17, 15) is 0 Å². The number of hydrogen-bond acceptors (Lipinski definition) is 0. The topological polar surface area (TPSA) is 0 Å². The zero-order valence-electron chi connectivity index (χ0n) is 22.6. The first-order valence-corrected chi connectivity index (χ1v) is 38.5. The van der Waals surface area contributed by atoms with Crippen molar-refractivity contribution < 1.29 is 14.9 Å². The Morgan fingerprint density at radius 2 is 1.28 bits per heavy atom. The molecule has 0 heterocycles. The van der Waals surface area contributed by atoms with Gasteiger partial charge >= 0.3 is 205 Å². The van der Waals surface area contributed by atoms with E-state index < -0.39 is 25.4 Å². The van der Waals surface area contributed by atoms with Crippen molar-refractivity contribution in [2.75, 3.05) is 0 Å². The summed E-state index contributed by atoms with van der Waals surface area (Å²) in [4.78, 5) is 0. The molecule has 0 aliphatic heterocycles. The predicted octanol–water partition coefficient (Wildman–Crippen LogP) is 8.22. The van der Waals surface area contributed by atoms with Gasteiger partial charge in [0.05, 0.1) is 0 Å². The number of fused-ring (bicyclic) bond motifs is 3. The van der Waals surface area contributed by atoms with Gasteiger partial charge in [-0.1, -0.05) is 0 Å². The van der Waals surface area contributed by atoms with Crippen LogP contribution in [-0.4, -0.2) is 14.8 Å². The van der Waals surface area contributed by atoms with Gasteiger partial charge in [-0.25, -0.2) is 0 Å². The molecule has 36 heavy (non-hydrogen) atoms. The second kappa shape index (κ2) is 8.98. The fraction of sp³-hybridized carbons (Fsp3) is 0.258. The van der Waals surface area contributed by atoms with Crippen LogP contribution < -0.4 is 6.64 Å². The van der Waals surface area contributed by atoms with Gasteiger partial charge in [0.2, 0.25) is 0 Å². The molecule has 5 heteroatoms. The minimum atomic E-state index is -5.14. The summed E-state index contributed by atoms with van der Waals surface area (Å²) in [5.41, 5.74) is 5.94. The van der Waals surface area contributed by atoms with Crippen LogP contribution in [0.3, 0.4) is 0 Å². The standard InChI is InChI=1S/C13H9.C6H5.C5H5.2C3H9Si.CH2.2ClH.Hf/c1-3-7-12-10(5-1)9-11-6-2-4-8-13(11)12;1-2-4-6-5-3-1;1-2-4-5-3-1;2*1-4(2)3;;;;/h1-5,7-8H,9H2;1-5H;1-3H,4H2;2*1-3H3;1H2;2*1H;. The summed E-state index contributed by atoms with van der Waals surface area (Å²) in [6, 6.07) is 28.1. The Morgan fingerprint density at radius 1 is 0.694 bits per heavy atom. The van der Waals surface area contributed by atoms with Crippen molar-refractivity contribution in [2.45, 2.75) is 52.1 Å². The van der Waals surface area contributed by atoms with Crippen molar-refractivity contribution in [1.82, 2.24) is 0 Å². The molecule has 5 rings (SSSR count). The third kappa shape index (κ3) is 2.93. The molecule has 0 atom stereocenters. The van der Waals surface area contributed by atoms with Crippen LogP contribution in [0.5, 0.6) is 0 Å². The van der Waals surface area contributed by atoms with Crippen molar-refractivity contribution in [1.29, 1.82) is 0 Å². The molecule has 0 unspecified atom stereocenters. The van der Waals surface area contributed by atoms with Crippen LogP contribution in [0.15, 0.2) is 94.4 Å². The Morgan fingerprint density at radius 3 is 1.86 bits per heavy atom. The third-order valence-corrected chi connectivity index (χ3v) is 179. The summed E-state index contributed by atoms with van der Waals surface area (Å²) < 4.78 is 11.0. The molecule has 0 bridgehead atoms. The summed E-state index contributed by atoms with van der Waals surface area (Å²) in [6.45, 7) is 16.0. The third-order valence-electron chi connectivity index (χ3n) is 10.8. The molecule has 3 aromatic rings. The van der Waals surface area contributed by atoms with E-state index in [1.165, 1.54) is 16.7 Å². The molecule has 0 saturated heterocycles. The molecular weight excluding hydrogens is 678 g/mol. The van der Waals surface area contributed by atoms with E-state index in [1.54, 1.807) is 15.5 Å². The van der Waals surface area contributed by atoms with Crippen LogP contribution in [0, 0.1) is 0 Å². The average Bonchev–Trinajstić information content (AvgIpc) is 3.46. The van der Waals surface area contributed by atoms with Crippen LogP contribution in [-0.2, 0) is 21.3 Å². The van der Waals surface area contributed by atoms with E-state index in [4.69, 9.17) is 4.26 Å². The Kier molecular flexibility index (Phi) is 7.35. The maximum absolute atomic E-state index is 5.96. The number of rotatable bonds is 5. The van der Waals surface area contributed by atoms with E-state index in [2.05, 4.69) is 130 Å². The molecule has 0 radical (unpaired) electrons. The Hall–Kier alpha value is -1.11. The molecule has 191 valence electrons. The van der Waals surface area contributed by atoms with Crippen LogP contribution in [0.4, 0.5) is 0 Å². The number of hydrogen-bond donors (Lipinski definition) is 0. The van der Waals surface area contributed by atoms with Gasteiger partial charge in [0.15, 0.2) is 0 Å². The number of benzene rings is 3. The second-order valence-corrected chi connectivity index (χ2v) is 102. The average molecular weight is 719 g/mol. The molecule has 3 aromatic carbocycles. The van der Waals surface area contributed by atoms with Crippen molar-refractivity contribution in [2.24, 2.45) is 0 Å². The van der Waals surface area contributed by atoms with Crippen LogP contribution in [0.25, 0.3) is 11.1 Å². The summed E-state index contributed by atoms with van der Waals surface area (Å²) >= 11 is -5.14. The zero-order valence-corrected chi connectivity index (χ0v) is 29.8. The van der Waals surface area contributed by atoms with E-state index in [1.807, 2.05) is 0 Å². The van der Waals surface area contributed by atoms with Gasteiger partial charge in [0, 0.05) is 0 Å². The van der Waals surface area contributed by atoms with Crippen molar-refractivity contribution in [3.8, 4) is 11.1 Å². The summed E-state index contributed by atoms with van der Waals surface area (Å²) in [5.74, 6) is 0. The van der Waals surface area contributed by atoms with Crippen molar-refractivity contribution >= 4 is 46.2 Å². The molecule has 0 amide bonds. The predicted molar refractivity (Wildman–Crippen MR) is 171 cm³/mol. The fourth-order valence-corrected chi connectivity index (χ4v) is 180. The molecule has 2 aliphatic carbocycles. The Bertz CT molecular complexity index is 1450. The first kappa shape index (κ1) is 29.4. The SMILES string of the molecule is Cl.Cl.[CH2]=[Hf]([C]1=CC=CC1)([c]1ccccc1)([c]1cccc2c1Cc1ccccc1-2)([Si](C)(C)C)[Si](C)(C)C. The van der Waals surface area contributed by atoms with Gasteiger partial charge in [-0.05, 0) is 0 Å². The second-order valence-electron chi connectivity index (χ2n) is 13.0. The summed E-state index contributed by atoms with van der Waals surface area (Å²) in [5, 5.41) is -3.97. The van der Waals surface area contributed by atoms with E-state index >= 15 is 0 Å². The quantitative estimate of drug-likeness (QED) is 0.183. The molecule has 0 fully saturated rings. The van der Waals surface area contributed by atoms with E-state index in [0.717, 1.165) is 12.8 Å². The number of allylic oxidation sites excluding steroid dienone is 4. The molecule has 0 spiro atoms. The van der Waals surface area contributed by atoms with E-state index in [0.29, 0.717) is 0 Å². The van der Waals surface area contributed by atoms with Gasteiger partial charge in [0.1, 0.15) is 0 Å². The number of halogens is 2. The Balaban J connectivity index is 0.00000180. The summed E-state index contributed by atoms with van der Waals surface area (Å²) in [6.07, 6.45) is 9.35. The molecule has 0 aromatic heterocycles. The van der Waals surface area contributed by atoms with Crippen LogP contribution >= 0.6 is 24.8 Å². The van der Waals surface area contributed by atoms with Crippen LogP contribution in [0.2, 0.25) is 39.3 Å². The molecule has 2 aliphatic rings. The molecule has 0 nitrogen and oxygen atoms in total. The Labute approximate surface area is 228 Å². The van der Waals surface area contributed by atoms with Crippen LogP contribution in [0.1, 0.15) is 17.5 Å². The first-order chi connectivity index (χ1) is 15.9. The molecular formula is C31H41Cl2HfSi2. The molecule has 0 N–H and O–H groups in total. The normalized spacial score (nSPS) is 16.6. The monoisotopic (exact) mass is 719 g/mol. The fourth-order valence-electron chi connectivity index (χ4n) is 8.91. The summed E-state index contributed by atoms with van der Waals surface area (Å²) in [7, 11) is 0. The van der Waals surface area contributed by atoms with Gasteiger partial charge in [-0.15, -0.1) is 24.8 Å². The van der Waals surface area contributed by atoms with Gasteiger partial charge in [-0.3, -0.25) is 0 Å². The van der Waals surface area contributed by atoms with Crippen molar-refractivity contribution in [3.63, 3.8) is 0 Å². The first-order valence-electron chi connectivity index (χ1n) is 12.8. The van der Waals surface area contributed by atoms with Crippen molar-refractivity contribution in [3.05, 3.63) is 105 Å². The molecule has 0 saturated carbocycles. The van der Waals surface area contributed by atoms with Gasteiger partial charge < -0.3 is 0 Å². The minimum absolute atomic E-state index is 0.